The van der Waals surface area contributed by atoms with Crippen LogP contribution < -0.4 is 5.32 Å². The Kier molecular flexibility index (Phi) is 5.92. The highest BCUT2D eigenvalue weighted by molar-refractivity contribution is 6.34. The van der Waals surface area contributed by atoms with Crippen LogP contribution in [0.25, 0.3) is 0 Å². The molecule has 0 bridgehead atoms. The molecule has 1 N–H and O–H groups in total. The maximum Gasteiger partial charge on any atom is 0.312 e. The second-order valence-corrected chi connectivity index (χ2v) is 5.47. The summed E-state index contributed by atoms with van der Waals surface area (Å²) in [6, 6.07) is 17.5. The van der Waals surface area contributed by atoms with Gasteiger partial charge in [0.2, 0.25) is 0 Å². The van der Waals surface area contributed by atoms with Gasteiger partial charge in [-0.2, -0.15) is 0 Å². The SMILES string of the molecule is CCN(Cc1ccccc1)C(=O)C(=O)NCc1ccc(C)cc1. The molecule has 2 aromatic carbocycles. The van der Waals surface area contributed by atoms with Crippen LogP contribution in [0.2, 0.25) is 0 Å². The van der Waals surface area contributed by atoms with Crippen molar-refractivity contribution < 1.29 is 9.59 Å². The average Bonchev–Trinajstić information content (AvgIpc) is 2.59. The van der Waals surface area contributed by atoms with Gasteiger partial charge in [-0.05, 0) is 25.0 Å². The number of benzene rings is 2. The molecule has 0 aliphatic heterocycles. The molecule has 2 amide bonds. The Bertz CT molecular complexity index is 651. The highest BCUT2D eigenvalue weighted by Crippen LogP contribution is 2.05. The van der Waals surface area contributed by atoms with Crippen molar-refractivity contribution in [1.82, 2.24) is 10.2 Å². The van der Waals surface area contributed by atoms with Crippen LogP contribution in [-0.4, -0.2) is 23.3 Å². The Balaban J connectivity index is 1.91. The summed E-state index contributed by atoms with van der Waals surface area (Å²) in [5.41, 5.74) is 3.15. The van der Waals surface area contributed by atoms with Crippen LogP contribution in [0.15, 0.2) is 54.6 Å². The fourth-order valence-corrected chi connectivity index (χ4v) is 2.24. The third kappa shape index (κ3) is 4.95. The van der Waals surface area contributed by atoms with Crippen molar-refractivity contribution in [3.8, 4) is 0 Å². The van der Waals surface area contributed by atoms with Crippen molar-refractivity contribution in [1.29, 1.82) is 0 Å². The fraction of sp³-hybridized carbons (Fsp3) is 0.263. The first-order chi connectivity index (χ1) is 11.1. The topological polar surface area (TPSA) is 49.4 Å². The van der Waals surface area contributed by atoms with E-state index in [9.17, 15) is 9.59 Å². The summed E-state index contributed by atoms with van der Waals surface area (Å²) in [7, 11) is 0. The molecule has 2 aromatic rings. The number of amides is 2. The molecule has 120 valence electrons. The standard InChI is InChI=1S/C19H22N2O2/c1-3-21(14-17-7-5-4-6-8-17)19(23)18(22)20-13-16-11-9-15(2)10-12-16/h4-12H,3,13-14H2,1-2H3,(H,20,22). The molecule has 0 unspecified atom stereocenters. The van der Waals surface area contributed by atoms with Crippen molar-refractivity contribution >= 4 is 11.8 Å². The predicted molar refractivity (Wildman–Crippen MR) is 90.6 cm³/mol. The Morgan fingerprint density at radius 3 is 2.22 bits per heavy atom. The maximum atomic E-state index is 12.3. The fourth-order valence-electron chi connectivity index (χ4n) is 2.24. The van der Waals surface area contributed by atoms with Gasteiger partial charge < -0.3 is 10.2 Å². The zero-order valence-corrected chi connectivity index (χ0v) is 13.6. The van der Waals surface area contributed by atoms with Gasteiger partial charge in [-0.3, -0.25) is 9.59 Å². The predicted octanol–water partition coefficient (Wildman–Crippen LogP) is 2.66. The van der Waals surface area contributed by atoms with E-state index in [4.69, 9.17) is 0 Å². The molecule has 0 heterocycles. The van der Waals surface area contributed by atoms with Crippen molar-refractivity contribution in [2.24, 2.45) is 0 Å². The van der Waals surface area contributed by atoms with E-state index in [1.54, 1.807) is 4.90 Å². The summed E-state index contributed by atoms with van der Waals surface area (Å²) in [6.07, 6.45) is 0. The largest absolute Gasteiger partial charge is 0.344 e. The van der Waals surface area contributed by atoms with Gasteiger partial charge in [0.1, 0.15) is 0 Å². The third-order valence-corrected chi connectivity index (χ3v) is 3.65. The Morgan fingerprint density at radius 2 is 1.61 bits per heavy atom. The molecule has 0 atom stereocenters. The van der Waals surface area contributed by atoms with Gasteiger partial charge in [0.05, 0.1) is 0 Å². The summed E-state index contributed by atoms with van der Waals surface area (Å²) in [6.45, 7) is 5.16. The van der Waals surface area contributed by atoms with Crippen LogP contribution in [0.3, 0.4) is 0 Å². The molecular formula is C19H22N2O2. The van der Waals surface area contributed by atoms with Crippen LogP contribution in [0.4, 0.5) is 0 Å². The molecule has 0 spiro atoms. The Morgan fingerprint density at radius 1 is 0.957 bits per heavy atom. The first-order valence-electron chi connectivity index (χ1n) is 7.76. The summed E-state index contributed by atoms with van der Waals surface area (Å²) in [4.78, 5) is 25.9. The number of nitrogens with one attached hydrogen (secondary N) is 1. The number of likely N-dealkylation sites (N-methyl/N-ethyl adjacent to an activating group) is 1. The maximum absolute atomic E-state index is 12.3. The van der Waals surface area contributed by atoms with Gasteiger partial charge in [-0.15, -0.1) is 0 Å². The smallest absolute Gasteiger partial charge is 0.312 e. The van der Waals surface area contributed by atoms with Gasteiger partial charge in [0.15, 0.2) is 0 Å². The van der Waals surface area contributed by atoms with Crippen molar-refractivity contribution in [2.75, 3.05) is 6.54 Å². The molecule has 0 aliphatic rings. The van der Waals surface area contributed by atoms with Gasteiger partial charge in [0.25, 0.3) is 0 Å². The molecule has 0 saturated heterocycles. The number of nitrogens with zero attached hydrogens (tertiary/aromatic N) is 1. The minimum Gasteiger partial charge on any atom is -0.344 e. The van der Waals surface area contributed by atoms with Gasteiger partial charge in [0, 0.05) is 19.6 Å². The molecule has 0 radical (unpaired) electrons. The second-order valence-electron chi connectivity index (χ2n) is 5.47. The average molecular weight is 310 g/mol. The quantitative estimate of drug-likeness (QED) is 0.863. The van der Waals surface area contributed by atoms with Crippen molar-refractivity contribution in [3.05, 3.63) is 71.3 Å². The van der Waals surface area contributed by atoms with E-state index >= 15 is 0 Å². The lowest BCUT2D eigenvalue weighted by Crippen LogP contribution is -2.42. The van der Waals surface area contributed by atoms with Crippen LogP contribution >= 0.6 is 0 Å². The normalized spacial score (nSPS) is 10.2. The third-order valence-electron chi connectivity index (χ3n) is 3.65. The van der Waals surface area contributed by atoms with E-state index < -0.39 is 11.8 Å². The van der Waals surface area contributed by atoms with Gasteiger partial charge in [-0.25, -0.2) is 0 Å². The van der Waals surface area contributed by atoms with Gasteiger partial charge >= 0.3 is 11.8 Å². The lowest BCUT2D eigenvalue weighted by atomic mass is 10.1. The Labute approximate surface area is 137 Å². The number of aryl methyl sites for hydroxylation is 1. The lowest BCUT2D eigenvalue weighted by molar-refractivity contribution is -0.146. The molecular weight excluding hydrogens is 288 g/mol. The van der Waals surface area contributed by atoms with E-state index in [0.29, 0.717) is 19.6 Å². The molecule has 0 saturated carbocycles. The molecule has 0 aliphatic carbocycles. The summed E-state index contributed by atoms with van der Waals surface area (Å²) < 4.78 is 0. The molecule has 0 fully saturated rings. The summed E-state index contributed by atoms with van der Waals surface area (Å²) in [5.74, 6) is -1.06. The van der Waals surface area contributed by atoms with E-state index in [1.807, 2.05) is 68.4 Å². The van der Waals surface area contributed by atoms with E-state index in [1.165, 1.54) is 0 Å². The summed E-state index contributed by atoms with van der Waals surface area (Å²) in [5, 5.41) is 2.69. The first-order valence-corrected chi connectivity index (χ1v) is 7.76. The second kappa shape index (κ2) is 8.13. The zero-order valence-electron chi connectivity index (χ0n) is 13.6. The van der Waals surface area contributed by atoms with Crippen LogP contribution in [0.1, 0.15) is 23.6 Å². The number of hydrogen-bond acceptors (Lipinski definition) is 2. The molecule has 4 heteroatoms. The highest BCUT2D eigenvalue weighted by atomic mass is 16.2. The molecule has 0 aromatic heterocycles. The minimum atomic E-state index is -0.566. The van der Waals surface area contributed by atoms with Crippen molar-refractivity contribution in [3.63, 3.8) is 0 Å². The molecule has 4 nitrogen and oxygen atoms in total. The molecule has 2 rings (SSSR count). The highest BCUT2D eigenvalue weighted by Gasteiger charge is 2.20. The van der Waals surface area contributed by atoms with Gasteiger partial charge in [-0.1, -0.05) is 60.2 Å². The summed E-state index contributed by atoms with van der Waals surface area (Å²) >= 11 is 0. The van der Waals surface area contributed by atoms with E-state index in [2.05, 4.69) is 5.32 Å². The van der Waals surface area contributed by atoms with E-state index in [-0.39, 0.29) is 0 Å². The van der Waals surface area contributed by atoms with E-state index in [0.717, 1.165) is 16.7 Å². The monoisotopic (exact) mass is 310 g/mol. The van der Waals surface area contributed by atoms with Crippen LogP contribution in [-0.2, 0) is 22.7 Å². The number of rotatable bonds is 5. The lowest BCUT2D eigenvalue weighted by Gasteiger charge is -2.20. The zero-order chi connectivity index (χ0) is 16.7. The molecule has 23 heavy (non-hydrogen) atoms. The van der Waals surface area contributed by atoms with Crippen molar-refractivity contribution in [2.45, 2.75) is 26.9 Å². The minimum absolute atomic E-state index is 0.355. The van der Waals surface area contributed by atoms with Crippen LogP contribution in [0, 0.1) is 6.92 Å². The first kappa shape index (κ1) is 16.7. The number of carbonyl (C=O) groups is 2. The van der Waals surface area contributed by atoms with Crippen LogP contribution in [0.5, 0.6) is 0 Å². The number of hydrogen-bond donors (Lipinski definition) is 1. The number of carbonyl (C=O) groups excluding carboxylic acids is 2. The Hall–Kier alpha value is -2.62.